The molecule has 0 radical (unpaired) electrons. The van der Waals surface area contributed by atoms with Crippen LogP contribution in [0.15, 0.2) is 18.2 Å². The summed E-state index contributed by atoms with van der Waals surface area (Å²) in [5, 5.41) is 2.74. The second kappa shape index (κ2) is 6.65. The van der Waals surface area contributed by atoms with E-state index >= 15 is 0 Å². The number of benzene rings is 1. The number of carbonyl (C=O) groups is 1. The Balaban J connectivity index is 2.86. The molecule has 96 valence electrons. The van der Waals surface area contributed by atoms with Crippen molar-refractivity contribution in [3.63, 3.8) is 0 Å². The summed E-state index contributed by atoms with van der Waals surface area (Å²) in [4.78, 5) is 16.7. The number of nitrogens with zero attached hydrogens (tertiary/aromatic N) is 2. The Morgan fingerprint density at radius 3 is 2.56 bits per heavy atom. The maximum Gasteiger partial charge on any atom is 0.304 e. The molecule has 0 aliphatic carbocycles. The number of anilines is 2. The molecule has 1 amide bonds. The standard InChI is InChI=1S/C14H19N3O/c1-5-17(6-2)12-7-8-13(11(3)9-12)16-14(18)10-15-4/h7-9H,5-6,10H2,1-3H3,(H,16,18). The topological polar surface area (TPSA) is 36.7 Å². The lowest BCUT2D eigenvalue weighted by molar-refractivity contribution is -0.114. The summed E-state index contributed by atoms with van der Waals surface area (Å²) in [6.07, 6.45) is 0. The van der Waals surface area contributed by atoms with Crippen molar-refractivity contribution in [2.75, 3.05) is 29.9 Å². The van der Waals surface area contributed by atoms with Crippen molar-refractivity contribution in [1.29, 1.82) is 0 Å². The first-order chi connectivity index (χ1) is 8.62. The third-order valence-corrected chi connectivity index (χ3v) is 2.84. The average molecular weight is 245 g/mol. The van der Waals surface area contributed by atoms with Gasteiger partial charge in [-0.25, -0.2) is 6.57 Å². The van der Waals surface area contributed by atoms with Crippen molar-refractivity contribution in [2.24, 2.45) is 0 Å². The SMILES string of the molecule is [C-]#[N+]CC(=O)Nc1ccc(N(CC)CC)cc1C. The quantitative estimate of drug-likeness (QED) is 0.810. The number of carbonyl (C=O) groups excluding carboxylic acids is 1. The second-order valence-electron chi connectivity index (χ2n) is 4.04. The Hall–Kier alpha value is -2.02. The van der Waals surface area contributed by atoms with E-state index in [1.54, 1.807) is 0 Å². The summed E-state index contributed by atoms with van der Waals surface area (Å²) in [5.74, 6) is -0.260. The van der Waals surface area contributed by atoms with Crippen LogP contribution >= 0.6 is 0 Å². The maximum atomic E-state index is 11.4. The monoisotopic (exact) mass is 245 g/mol. The number of hydrogen-bond acceptors (Lipinski definition) is 2. The zero-order chi connectivity index (χ0) is 13.5. The first kappa shape index (κ1) is 14.0. The molecular weight excluding hydrogens is 226 g/mol. The molecule has 0 unspecified atom stereocenters. The predicted molar refractivity (Wildman–Crippen MR) is 74.8 cm³/mol. The van der Waals surface area contributed by atoms with Gasteiger partial charge in [0.05, 0.1) is 0 Å². The molecule has 1 aromatic carbocycles. The van der Waals surface area contributed by atoms with Crippen molar-refractivity contribution >= 4 is 17.3 Å². The lowest BCUT2D eigenvalue weighted by Crippen LogP contribution is -2.22. The van der Waals surface area contributed by atoms with E-state index < -0.39 is 0 Å². The minimum Gasteiger partial charge on any atom is -0.372 e. The van der Waals surface area contributed by atoms with Gasteiger partial charge in [0.25, 0.3) is 6.54 Å². The van der Waals surface area contributed by atoms with E-state index in [4.69, 9.17) is 6.57 Å². The van der Waals surface area contributed by atoms with Gasteiger partial charge in [0, 0.05) is 24.5 Å². The molecule has 1 aromatic rings. The van der Waals surface area contributed by atoms with Gasteiger partial charge < -0.3 is 15.1 Å². The third kappa shape index (κ3) is 3.49. The fourth-order valence-electron chi connectivity index (χ4n) is 1.84. The molecule has 0 spiro atoms. The Labute approximate surface area is 108 Å². The summed E-state index contributed by atoms with van der Waals surface area (Å²) >= 11 is 0. The minimum atomic E-state index is -0.260. The molecule has 0 aliphatic heterocycles. The van der Waals surface area contributed by atoms with E-state index in [0.29, 0.717) is 0 Å². The smallest absolute Gasteiger partial charge is 0.304 e. The van der Waals surface area contributed by atoms with Gasteiger partial charge >= 0.3 is 5.91 Å². The lowest BCUT2D eigenvalue weighted by atomic mass is 10.1. The molecule has 4 heteroatoms. The molecule has 0 heterocycles. The van der Waals surface area contributed by atoms with Gasteiger partial charge in [-0.1, -0.05) is 0 Å². The summed E-state index contributed by atoms with van der Waals surface area (Å²) in [6.45, 7) is 14.6. The van der Waals surface area contributed by atoms with Crippen molar-refractivity contribution in [2.45, 2.75) is 20.8 Å². The maximum absolute atomic E-state index is 11.4. The molecule has 18 heavy (non-hydrogen) atoms. The summed E-state index contributed by atoms with van der Waals surface area (Å²) in [5.41, 5.74) is 2.94. The Morgan fingerprint density at radius 1 is 1.39 bits per heavy atom. The number of aryl methyl sites for hydroxylation is 1. The van der Waals surface area contributed by atoms with E-state index in [2.05, 4.69) is 35.0 Å². The van der Waals surface area contributed by atoms with Gasteiger partial charge in [-0.05, 0) is 44.5 Å². The van der Waals surface area contributed by atoms with Gasteiger partial charge in [0.1, 0.15) is 0 Å². The van der Waals surface area contributed by atoms with Gasteiger partial charge in [0.15, 0.2) is 0 Å². The number of rotatable bonds is 5. The number of amides is 1. The van der Waals surface area contributed by atoms with Crippen LogP contribution in [0.5, 0.6) is 0 Å². The number of hydrogen-bond donors (Lipinski definition) is 1. The van der Waals surface area contributed by atoms with E-state index in [-0.39, 0.29) is 12.5 Å². The van der Waals surface area contributed by atoms with Crippen LogP contribution in [0.1, 0.15) is 19.4 Å². The fourth-order valence-corrected chi connectivity index (χ4v) is 1.84. The molecule has 4 nitrogen and oxygen atoms in total. The molecule has 1 rings (SSSR count). The molecule has 0 atom stereocenters. The predicted octanol–water partition coefficient (Wildman–Crippen LogP) is 2.70. The van der Waals surface area contributed by atoms with Crippen molar-refractivity contribution in [1.82, 2.24) is 0 Å². The molecule has 0 fully saturated rings. The molecule has 0 saturated heterocycles. The van der Waals surface area contributed by atoms with Gasteiger partial charge in [-0.15, -0.1) is 0 Å². The minimum absolute atomic E-state index is 0.128. The summed E-state index contributed by atoms with van der Waals surface area (Å²) < 4.78 is 0. The molecular formula is C14H19N3O. The highest BCUT2D eigenvalue weighted by atomic mass is 16.1. The summed E-state index contributed by atoms with van der Waals surface area (Å²) in [7, 11) is 0. The normalized spacial score (nSPS) is 9.67. The van der Waals surface area contributed by atoms with Crippen LogP contribution in [-0.2, 0) is 4.79 Å². The molecule has 0 saturated carbocycles. The van der Waals surface area contributed by atoms with Gasteiger partial charge in [-0.2, -0.15) is 0 Å². The van der Waals surface area contributed by atoms with E-state index in [1.165, 1.54) is 0 Å². The Kier molecular flexibility index (Phi) is 5.19. The third-order valence-electron chi connectivity index (χ3n) is 2.84. The van der Waals surface area contributed by atoms with Crippen LogP contribution in [0, 0.1) is 13.5 Å². The van der Waals surface area contributed by atoms with Crippen LogP contribution in [0.25, 0.3) is 4.85 Å². The zero-order valence-electron chi connectivity index (χ0n) is 11.2. The largest absolute Gasteiger partial charge is 0.372 e. The average Bonchev–Trinajstić information content (AvgIpc) is 2.34. The van der Waals surface area contributed by atoms with Gasteiger partial charge in [-0.3, -0.25) is 4.79 Å². The first-order valence-corrected chi connectivity index (χ1v) is 6.11. The molecule has 0 aliphatic rings. The molecule has 1 N–H and O–H groups in total. The molecule has 0 aromatic heterocycles. The van der Waals surface area contributed by atoms with Crippen LogP contribution < -0.4 is 10.2 Å². The molecule has 0 bridgehead atoms. The van der Waals surface area contributed by atoms with Crippen LogP contribution in [0.4, 0.5) is 11.4 Å². The number of nitrogens with one attached hydrogen (secondary N) is 1. The fraction of sp³-hybridized carbons (Fsp3) is 0.429. The van der Waals surface area contributed by atoms with E-state index in [9.17, 15) is 4.79 Å². The van der Waals surface area contributed by atoms with E-state index in [0.717, 1.165) is 30.0 Å². The van der Waals surface area contributed by atoms with Gasteiger partial charge in [0.2, 0.25) is 0 Å². The highest BCUT2D eigenvalue weighted by Gasteiger charge is 2.08. The van der Waals surface area contributed by atoms with Crippen LogP contribution in [-0.4, -0.2) is 25.5 Å². The Morgan fingerprint density at radius 2 is 2.06 bits per heavy atom. The highest BCUT2D eigenvalue weighted by molar-refractivity contribution is 5.94. The summed E-state index contributed by atoms with van der Waals surface area (Å²) in [6, 6.07) is 5.94. The second-order valence-corrected chi connectivity index (χ2v) is 4.04. The Bertz CT molecular complexity index is 459. The highest BCUT2D eigenvalue weighted by Crippen LogP contribution is 2.22. The van der Waals surface area contributed by atoms with Crippen molar-refractivity contribution in [3.8, 4) is 0 Å². The first-order valence-electron chi connectivity index (χ1n) is 6.11. The lowest BCUT2D eigenvalue weighted by Gasteiger charge is -2.22. The van der Waals surface area contributed by atoms with Crippen LogP contribution in [0.2, 0.25) is 0 Å². The van der Waals surface area contributed by atoms with Crippen molar-refractivity contribution < 1.29 is 4.79 Å². The zero-order valence-corrected chi connectivity index (χ0v) is 11.2. The van der Waals surface area contributed by atoms with Crippen molar-refractivity contribution in [3.05, 3.63) is 35.2 Å². The van der Waals surface area contributed by atoms with E-state index in [1.807, 2.05) is 19.1 Å². The van der Waals surface area contributed by atoms with Crippen LogP contribution in [0.3, 0.4) is 0 Å².